The van der Waals surface area contributed by atoms with E-state index in [2.05, 4.69) is 23.5 Å². The number of hydrogen-bond acceptors (Lipinski definition) is 3. The van der Waals surface area contributed by atoms with Crippen LogP contribution in [0.3, 0.4) is 0 Å². The summed E-state index contributed by atoms with van der Waals surface area (Å²) in [5.41, 5.74) is 4.86. The van der Waals surface area contributed by atoms with Gasteiger partial charge in [-0.1, -0.05) is 12.1 Å². The largest absolute Gasteiger partial charge is 0.497 e. The number of benzene rings is 2. The quantitative estimate of drug-likeness (QED) is 0.912. The Labute approximate surface area is 113 Å². The summed E-state index contributed by atoms with van der Waals surface area (Å²) < 4.78 is 10.7. The molecule has 0 amide bonds. The Morgan fingerprint density at radius 3 is 2.68 bits per heavy atom. The Kier molecular flexibility index (Phi) is 3.03. The molecule has 0 bridgehead atoms. The average Bonchev–Trinajstić information content (AvgIpc) is 2.93. The van der Waals surface area contributed by atoms with Crippen molar-refractivity contribution >= 4 is 5.69 Å². The van der Waals surface area contributed by atoms with Gasteiger partial charge in [0.05, 0.1) is 14.2 Å². The van der Waals surface area contributed by atoms with Gasteiger partial charge in [0.25, 0.3) is 0 Å². The number of anilines is 1. The summed E-state index contributed by atoms with van der Waals surface area (Å²) in [4.78, 5) is 0. The van der Waals surface area contributed by atoms with Gasteiger partial charge in [0.2, 0.25) is 0 Å². The molecule has 0 fully saturated rings. The van der Waals surface area contributed by atoms with Gasteiger partial charge in [0.1, 0.15) is 11.5 Å². The second-order valence-electron chi connectivity index (χ2n) is 4.61. The van der Waals surface area contributed by atoms with Gasteiger partial charge >= 0.3 is 0 Å². The highest BCUT2D eigenvalue weighted by atomic mass is 16.5. The van der Waals surface area contributed by atoms with Crippen molar-refractivity contribution in [2.24, 2.45) is 0 Å². The number of ether oxygens (including phenoxy) is 2. The van der Waals surface area contributed by atoms with Crippen LogP contribution in [0.2, 0.25) is 0 Å². The van der Waals surface area contributed by atoms with Gasteiger partial charge in [-0.2, -0.15) is 0 Å². The molecule has 1 aliphatic rings. The topological polar surface area (TPSA) is 30.5 Å². The molecule has 19 heavy (non-hydrogen) atoms. The highest BCUT2D eigenvalue weighted by molar-refractivity contribution is 5.76. The van der Waals surface area contributed by atoms with E-state index >= 15 is 0 Å². The maximum Gasteiger partial charge on any atom is 0.130 e. The fourth-order valence-corrected chi connectivity index (χ4v) is 2.50. The number of nitrogens with one attached hydrogen (secondary N) is 1. The lowest BCUT2D eigenvalue weighted by molar-refractivity contribution is 0.395. The Hall–Kier alpha value is -2.16. The molecule has 2 aromatic carbocycles. The second kappa shape index (κ2) is 4.84. The minimum absolute atomic E-state index is 0.805. The van der Waals surface area contributed by atoms with Crippen LogP contribution in [0.25, 0.3) is 11.1 Å². The van der Waals surface area contributed by atoms with Gasteiger partial charge in [-0.3, -0.25) is 0 Å². The Balaban J connectivity index is 2.06. The first-order valence-corrected chi connectivity index (χ1v) is 6.41. The number of hydrogen-bond donors (Lipinski definition) is 1. The minimum atomic E-state index is 0.805. The molecule has 1 N–H and O–H groups in total. The first-order valence-electron chi connectivity index (χ1n) is 6.41. The molecule has 0 aliphatic carbocycles. The van der Waals surface area contributed by atoms with E-state index in [1.807, 2.05) is 18.2 Å². The summed E-state index contributed by atoms with van der Waals surface area (Å²) in [6.07, 6.45) is 1.11. The second-order valence-corrected chi connectivity index (χ2v) is 4.61. The van der Waals surface area contributed by atoms with Gasteiger partial charge < -0.3 is 14.8 Å². The molecular weight excluding hydrogens is 238 g/mol. The van der Waals surface area contributed by atoms with Crippen molar-refractivity contribution in [3.63, 3.8) is 0 Å². The summed E-state index contributed by atoms with van der Waals surface area (Å²) in [6.45, 7) is 1.03. The van der Waals surface area contributed by atoms with Crippen molar-refractivity contribution in [3.05, 3.63) is 42.0 Å². The predicted octanol–water partition coefficient (Wildman–Crippen LogP) is 3.34. The van der Waals surface area contributed by atoms with Crippen LogP contribution in [0.15, 0.2) is 36.4 Å². The van der Waals surface area contributed by atoms with Gasteiger partial charge in [0.15, 0.2) is 0 Å². The maximum atomic E-state index is 5.46. The first-order chi connectivity index (χ1) is 9.31. The average molecular weight is 255 g/mol. The molecule has 0 radical (unpaired) electrons. The monoisotopic (exact) mass is 255 g/mol. The molecule has 1 heterocycles. The van der Waals surface area contributed by atoms with Crippen molar-refractivity contribution in [2.45, 2.75) is 6.42 Å². The van der Waals surface area contributed by atoms with Gasteiger partial charge in [0, 0.05) is 23.9 Å². The summed E-state index contributed by atoms with van der Waals surface area (Å²) in [5, 5.41) is 3.40. The van der Waals surface area contributed by atoms with Crippen LogP contribution < -0.4 is 14.8 Å². The fourth-order valence-electron chi connectivity index (χ4n) is 2.50. The summed E-state index contributed by atoms with van der Waals surface area (Å²) in [6, 6.07) is 12.4. The van der Waals surface area contributed by atoms with Crippen LogP contribution in [0.1, 0.15) is 5.56 Å². The van der Waals surface area contributed by atoms with E-state index in [4.69, 9.17) is 9.47 Å². The van der Waals surface area contributed by atoms with Crippen molar-refractivity contribution in [1.82, 2.24) is 0 Å². The molecular formula is C16H17NO2. The van der Waals surface area contributed by atoms with E-state index in [1.165, 1.54) is 11.3 Å². The van der Waals surface area contributed by atoms with Crippen LogP contribution in [0.5, 0.6) is 11.5 Å². The maximum absolute atomic E-state index is 5.46. The lowest BCUT2D eigenvalue weighted by atomic mass is 10.0. The molecule has 0 atom stereocenters. The Morgan fingerprint density at radius 1 is 1.00 bits per heavy atom. The van der Waals surface area contributed by atoms with E-state index in [0.29, 0.717) is 0 Å². The summed E-state index contributed by atoms with van der Waals surface area (Å²) in [7, 11) is 3.34. The molecule has 0 unspecified atom stereocenters. The minimum Gasteiger partial charge on any atom is -0.497 e. The first kappa shape index (κ1) is 11.9. The van der Waals surface area contributed by atoms with E-state index in [0.717, 1.165) is 35.6 Å². The van der Waals surface area contributed by atoms with E-state index in [9.17, 15) is 0 Å². The van der Waals surface area contributed by atoms with Gasteiger partial charge in [-0.25, -0.2) is 0 Å². The smallest absolute Gasteiger partial charge is 0.130 e. The molecule has 0 saturated heterocycles. The summed E-state index contributed by atoms with van der Waals surface area (Å²) >= 11 is 0. The molecule has 0 spiro atoms. The molecule has 3 rings (SSSR count). The Bertz CT molecular complexity index is 608. The lowest BCUT2D eigenvalue weighted by Crippen LogP contribution is -1.92. The fraction of sp³-hybridized carbons (Fsp3) is 0.250. The molecule has 0 aromatic heterocycles. The van der Waals surface area contributed by atoms with Crippen molar-refractivity contribution in [1.29, 1.82) is 0 Å². The third-order valence-corrected chi connectivity index (χ3v) is 3.54. The molecule has 0 saturated carbocycles. The SMILES string of the molecule is COc1ccc(-c2ccc3c(c2)NCC3)c(OC)c1. The zero-order chi connectivity index (χ0) is 13.2. The van der Waals surface area contributed by atoms with Gasteiger partial charge in [-0.15, -0.1) is 0 Å². The highest BCUT2D eigenvalue weighted by Gasteiger charge is 2.13. The number of methoxy groups -OCH3 is 2. The van der Waals surface area contributed by atoms with E-state index in [1.54, 1.807) is 14.2 Å². The normalized spacial score (nSPS) is 12.7. The van der Waals surface area contributed by atoms with E-state index in [-0.39, 0.29) is 0 Å². The van der Waals surface area contributed by atoms with Crippen LogP contribution in [0, 0.1) is 0 Å². The predicted molar refractivity (Wildman–Crippen MR) is 77.2 cm³/mol. The molecule has 3 nitrogen and oxygen atoms in total. The van der Waals surface area contributed by atoms with Crippen molar-refractivity contribution in [3.8, 4) is 22.6 Å². The molecule has 2 aromatic rings. The third kappa shape index (κ3) is 2.12. The van der Waals surface area contributed by atoms with Crippen LogP contribution in [-0.2, 0) is 6.42 Å². The summed E-state index contributed by atoms with van der Waals surface area (Å²) in [5.74, 6) is 1.64. The van der Waals surface area contributed by atoms with Crippen LogP contribution in [-0.4, -0.2) is 20.8 Å². The molecule has 3 heteroatoms. The standard InChI is InChI=1S/C16H17NO2/c1-18-13-5-6-14(16(10-13)19-2)12-4-3-11-7-8-17-15(11)9-12/h3-6,9-10,17H,7-8H2,1-2H3. The Morgan fingerprint density at radius 2 is 1.89 bits per heavy atom. The third-order valence-electron chi connectivity index (χ3n) is 3.54. The van der Waals surface area contributed by atoms with Crippen LogP contribution >= 0.6 is 0 Å². The van der Waals surface area contributed by atoms with Crippen molar-refractivity contribution < 1.29 is 9.47 Å². The van der Waals surface area contributed by atoms with Crippen LogP contribution in [0.4, 0.5) is 5.69 Å². The number of fused-ring (bicyclic) bond motifs is 1. The highest BCUT2D eigenvalue weighted by Crippen LogP contribution is 2.36. The number of rotatable bonds is 3. The van der Waals surface area contributed by atoms with Crippen molar-refractivity contribution in [2.75, 3.05) is 26.1 Å². The lowest BCUT2D eigenvalue weighted by Gasteiger charge is -2.11. The molecule has 1 aliphatic heterocycles. The van der Waals surface area contributed by atoms with Gasteiger partial charge in [-0.05, 0) is 35.7 Å². The van der Waals surface area contributed by atoms with E-state index < -0.39 is 0 Å². The zero-order valence-corrected chi connectivity index (χ0v) is 11.2. The molecule has 98 valence electrons. The zero-order valence-electron chi connectivity index (χ0n) is 11.2.